The Kier molecular flexibility index (Phi) is 7.04. The Morgan fingerprint density at radius 1 is 0.974 bits per heavy atom. The topological polar surface area (TPSA) is 72.4 Å². The molecule has 198 valence electrons. The monoisotopic (exact) mass is 510 g/mol. The van der Waals surface area contributed by atoms with Crippen LogP contribution < -0.4 is 10.5 Å². The largest absolute Gasteiger partial charge is 0.489 e. The van der Waals surface area contributed by atoms with Gasteiger partial charge in [0.25, 0.3) is 0 Å². The zero-order valence-corrected chi connectivity index (χ0v) is 22.5. The van der Waals surface area contributed by atoms with E-state index in [-0.39, 0.29) is 0 Å². The molecule has 7 heteroatoms. The summed E-state index contributed by atoms with van der Waals surface area (Å²) >= 11 is 0. The summed E-state index contributed by atoms with van der Waals surface area (Å²) in [6, 6.07) is 19.1. The van der Waals surface area contributed by atoms with Crippen LogP contribution >= 0.6 is 0 Å². The van der Waals surface area contributed by atoms with E-state index in [0.29, 0.717) is 18.5 Å². The number of aromatic nitrogens is 3. The summed E-state index contributed by atoms with van der Waals surface area (Å²) in [6.45, 7) is 8.68. The first-order valence-electron chi connectivity index (χ1n) is 13.9. The van der Waals surface area contributed by atoms with Crippen LogP contribution in [0.25, 0.3) is 22.2 Å². The average molecular weight is 511 g/mol. The summed E-state index contributed by atoms with van der Waals surface area (Å²) in [6.07, 6.45) is 4.89. The van der Waals surface area contributed by atoms with Gasteiger partial charge in [0.2, 0.25) is 0 Å². The van der Waals surface area contributed by atoms with Crippen molar-refractivity contribution in [2.75, 3.05) is 45.5 Å². The molecule has 2 aromatic heterocycles. The lowest BCUT2D eigenvalue weighted by atomic mass is 9.79. The fourth-order valence-corrected chi connectivity index (χ4v) is 6.19. The Balaban J connectivity index is 1.28. The van der Waals surface area contributed by atoms with Gasteiger partial charge in [0, 0.05) is 50.0 Å². The van der Waals surface area contributed by atoms with Gasteiger partial charge < -0.3 is 24.8 Å². The highest BCUT2D eigenvalue weighted by atomic mass is 16.5. The van der Waals surface area contributed by atoms with Gasteiger partial charge in [-0.15, -0.1) is 0 Å². The van der Waals surface area contributed by atoms with Gasteiger partial charge in [-0.2, -0.15) is 0 Å². The minimum Gasteiger partial charge on any atom is -0.489 e. The second-order valence-electron chi connectivity index (χ2n) is 10.9. The van der Waals surface area contributed by atoms with E-state index in [2.05, 4.69) is 63.7 Å². The van der Waals surface area contributed by atoms with Gasteiger partial charge >= 0.3 is 0 Å². The van der Waals surface area contributed by atoms with E-state index in [1.54, 1.807) is 6.33 Å². The van der Waals surface area contributed by atoms with E-state index in [0.717, 1.165) is 45.8 Å². The number of benzene rings is 2. The highest BCUT2D eigenvalue weighted by molar-refractivity contribution is 6.02. The summed E-state index contributed by atoms with van der Waals surface area (Å²) in [5.41, 5.74) is 12.2. The highest BCUT2D eigenvalue weighted by Crippen LogP contribution is 2.46. The average Bonchev–Trinajstić information content (AvgIpc) is 3.26. The SMILES string of the molecule is CCc1c(-c2cccc(OCc3ccccc3)c2)c2c(N)ncnc2n1C1CC(CN2CCN(C)CC2)C1. The molecular weight excluding hydrogens is 472 g/mol. The molecule has 6 rings (SSSR count). The number of piperazine rings is 1. The van der Waals surface area contributed by atoms with Gasteiger partial charge in [0.15, 0.2) is 0 Å². The number of ether oxygens (including phenoxy) is 1. The van der Waals surface area contributed by atoms with Crippen molar-refractivity contribution in [3.8, 4) is 16.9 Å². The predicted molar refractivity (Wildman–Crippen MR) is 153 cm³/mol. The molecule has 2 N–H and O–H groups in total. The van der Waals surface area contributed by atoms with Gasteiger partial charge in [0.1, 0.15) is 30.1 Å². The maximum absolute atomic E-state index is 6.52. The number of rotatable bonds is 8. The van der Waals surface area contributed by atoms with Crippen molar-refractivity contribution in [3.05, 3.63) is 72.2 Å². The first-order valence-corrected chi connectivity index (χ1v) is 13.9. The van der Waals surface area contributed by atoms with Crippen molar-refractivity contribution in [1.29, 1.82) is 0 Å². The van der Waals surface area contributed by atoms with Crippen LogP contribution in [0.2, 0.25) is 0 Å². The number of likely N-dealkylation sites (N-methyl/N-ethyl adjacent to an activating group) is 1. The third-order valence-electron chi connectivity index (χ3n) is 8.31. The summed E-state index contributed by atoms with van der Waals surface area (Å²) in [4.78, 5) is 14.2. The predicted octanol–water partition coefficient (Wildman–Crippen LogP) is 5.02. The zero-order valence-electron chi connectivity index (χ0n) is 22.5. The molecule has 1 saturated carbocycles. The smallest absolute Gasteiger partial charge is 0.146 e. The lowest BCUT2D eigenvalue weighted by molar-refractivity contribution is 0.0913. The molecule has 1 aliphatic heterocycles. The number of anilines is 1. The van der Waals surface area contributed by atoms with Gasteiger partial charge in [-0.3, -0.25) is 0 Å². The molecule has 38 heavy (non-hydrogen) atoms. The third-order valence-corrected chi connectivity index (χ3v) is 8.31. The van der Waals surface area contributed by atoms with E-state index >= 15 is 0 Å². The summed E-state index contributed by atoms with van der Waals surface area (Å²) in [7, 11) is 2.22. The van der Waals surface area contributed by atoms with Crippen LogP contribution in [0.15, 0.2) is 60.9 Å². The minimum absolute atomic E-state index is 0.450. The Morgan fingerprint density at radius 3 is 2.53 bits per heavy atom. The lowest BCUT2D eigenvalue weighted by Crippen LogP contribution is -2.47. The van der Waals surface area contributed by atoms with Crippen LogP contribution in [-0.2, 0) is 13.0 Å². The second-order valence-corrected chi connectivity index (χ2v) is 10.9. The zero-order chi connectivity index (χ0) is 26.1. The number of hydrogen-bond acceptors (Lipinski definition) is 6. The Hall–Kier alpha value is -3.42. The van der Waals surface area contributed by atoms with E-state index in [9.17, 15) is 0 Å². The summed E-state index contributed by atoms with van der Waals surface area (Å²) in [5, 5.41) is 0.965. The molecule has 0 atom stereocenters. The molecule has 0 bridgehead atoms. The normalized spacial score (nSPS) is 20.5. The Morgan fingerprint density at radius 2 is 1.76 bits per heavy atom. The number of nitrogens with two attached hydrogens (primary N) is 1. The molecule has 2 fully saturated rings. The number of hydrogen-bond donors (Lipinski definition) is 1. The molecule has 2 aromatic carbocycles. The van der Waals surface area contributed by atoms with Crippen molar-refractivity contribution < 1.29 is 4.74 Å². The highest BCUT2D eigenvalue weighted by Gasteiger charge is 2.36. The molecule has 0 spiro atoms. The fourth-order valence-electron chi connectivity index (χ4n) is 6.19. The quantitative estimate of drug-likeness (QED) is 0.359. The standard InChI is InChI=1S/C31H38N6O/c1-3-27-28(24-10-7-11-26(18-24)38-20-22-8-5-4-6-9-22)29-30(32)33-21-34-31(29)37(27)25-16-23(17-25)19-36-14-12-35(2)13-15-36/h4-11,18,21,23,25H,3,12-17,19-20H2,1-2H3,(H2,32,33,34). The van der Waals surface area contributed by atoms with Crippen molar-refractivity contribution in [2.24, 2.45) is 5.92 Å². The van der Waals surface area contributed by atoms with E-state index in [1.807, 2.05) is 24.3 Å². The van der Waals surface area contributed by atoms with E-state index in [4.69, 9.17) is 15.5 Å². The molecule has 3 heterocycles. The van der Waals surface area contributed by atoms with Crippen LogP contribution in [0, 0.1) is 5.92 Å². The minimum atomic E-state index is 0.450. The van der Waals surface area contributed by atoms with Crippen LogP contribution in [0.5, 0.6) is 5.75 Å². The van der Waals surface area contributed by atoms with Crippen LogP contribution in [-0.4, -0.2) is 64.1 Å². The second kappa shape index (κ2) is 10.8. The fraction of sp³-hybridized carbons (Fsp3) is 0.419. The number of nitrogen functional groups attached to an aromatic ring is 1. The Bertz CT molecular complexity index is 1390. The molecule has 1 aliphatic carbocycles. The molecule has 2 aliphatic rings. The van der Waals surface area contributed by atoms with Crippen LogP contribution in [0.1, 0.15) is 37.1 Å². The number of fused-ring (bicyclic) bond motifs is 1. The lowest BCUT2D eigenvalue weighted by Gasteiger charge is -2.42. The first-order chi connectivity index (χ1) is 18.6. The third kappa shape index (κ3) is 4.88. The maximum atomic E-state index is 6.52. The molecule has 0 radical (unpaired) electrons. The van der Waals surface area contributed by atoms with Crippen molar-refractivity contribution >= 4 is 16.9 Å². The van der Waals surface area contributed by atoms with Crippen molar-refractivity contribution in [2.45, 2.75) is 38.8 Å². The van der Waals surface area contributed by atoms with Crippen LogP contribution in [0.4, 0.5) is 5.82 Å². The van der Waals surface area contributed by atoms with Gasteiger partial charge in [-0.25, -0.2) is 9.97 Å². The van der Waals surface area contributed by atoms with Crippen molar-refractivity contribution in [1.82, 2.24) is 24.3 Å². The molecule has 0 amide bonds. The molecule has 4 aromatic rings. The van der Waals surface area contributed by atoms with Gasteiger partial charge in [-0.05, 0) is 55.5 Å². The maximum Gasteiger partial charge on any atom is 0.146 e. The van der Waals surface area contributed by atoms with Gasteiger partial charge in [-0.1, -0.05) is 49.4 Å². The van der Waals surface area contributed by atoms with E-state index in [1.165, 1.54) is 51.3 Å². The molecular formula is C31H38N6O. The molecule has 0 unspecified atom stereocenters. The first kappa shape index (κ1) is 24.9. The van der Waals surface area contributed by atoms with Gasteiger partial charge in [0.05, 0.1) is 5.39 Å². The summed E-state index contributed by atoms with van der Waals surface area (Å²) < 4.78 is 8.65. The molecule has 7 nitrogen and oxygen atoms in total. The van der Waals surface area contributed by atoms with Crippen molar-refractivity contribution in [3.63, 3.8) is 0 Å². The summed E-state index contributed by atoms with van der Waals surface area (Å²) in [5.74, 6) is 2.13. The van der Waals surface area contributed by atoms with E-state index < -0.39 is 0 Å². The number of nitrogens with zero attached hydrogens (tertiary/aromatic N) is 5. The Labute approximate surface area is 225 Å². The van der Waals surface area contributed by atoms with Crippen LogP contribution in [0.3, 0.4) is 0 Å². The molecule has 1 saturated heterocycles.